The van der Waals surface area contributed by atoms with Crippen LogP contribution in [-0.2, 0) is 12.0 Å². The van der Waals surface area contributed by atoms with Gasteiger partial charge in [0.25, 0.3) is 0 Å². The molecule has 1 saturated carbocycles. The molecule has 0 spiro atoms. The van der Waals surface area contributed by atoms with Crippen molar-refractivity contribution in [2.24, 2.45) is 11.8 Å². The van der Waals surface area contributed by atoms with E-state index < -0.39 is 0 Å². The molecule has 1 aliphatic carbocycles. The van der Waals surface area contributed by atoms with E-state index in [0.717, 1.165) is 18.4 Å². The van der Waals surface area contributed by atoms with Crippen LogP contribution in [0.3, 0.4) is 0 Å². The highest BCUT2D eigenvalue weighted by Crippen LogP contribution is 2.31. The molecule has 2 atom stereocenters. The van der Waals surface area contributed by atoms with E-state index in [2.05, 4.69) is 45.1 Å². The summed E-state index contributed by atoms with van der Waals surface area (Å²) in [5.41, 5.74) is 0.295. The van der Waals surface area contributed by atoms with Crippen molar-refractivity contribution < 1.29 is 0 Å². The van der Waals surface area contributed by atoms with Gasteiger partial charge in [0.05, 0.1) is 0 Å². The van der Waals surface area contributed by atoms with E-state index in [0.29, 0.717) is 5.41 Å². The molecule has 0 bridgehead atoms. The minimum Gasteiger partial charge on any atom is -0.312 e. The molecule has 1 fully saturated rings. The molecule has 102 valence electrons. The smallest absolute Gasteiger partial charge is 0.0299 e. The largest absolute Gasteiger partial charge is 0.312 e. The van der Waals surface area contributed by atoms with E-state index in [-0.39, 0.29) is 0 Å². The molecular formula is C16H27NS. The summed E-state index contributed by atoms with van der Waals surface area (Å²) in [4.78, 5) is 2.97. The average molecular weight is 265 g/mol. The van der Waals surface area contributed by atoms with Gasteiger partial charge in [-0.3, -0.25) is 0 Å². The number of hydrogen-bond donors (Lipinski definition) is 1. The van der Waals surface area contributed by atoms with Gasteiger partial charge in [0.15, 0.2) is 0 Å². The summed E-state index contributed by atoms with van der Waals surface area (Å²) in [5.74, 6) is 1.87. The van der Waals surface area contributed by atoms with Crippen LogP contribution in [0.2, 0.25) is 0 Å². The third-order valence-corrected chi connectivity index (χ3v) is 5.45. The number of nitrogens with one attached hydrogen (secondary N) is 1. The maximum atomic E-state index is 3.64. The molecule has 0 aromatic carbocycles. The lowest BCUT2D eigenvalue weighted by molar-refractivity contribution is 0.472. The SMILES string of the molecule is CC1CCC(CNCc2ccc(C(C)(C)C)s2)C1. The molecular weight excluding hydrogens is 238 g/mol. The standard InChI is InChI=1S/C16H27NS/c1-12-5-6-13(9-12)10-17-11-14-7-8-15(18-14)16(2,3)4/h7-8,12-13,17H,5-6,9-11H2,1-4H3. The van der Waals surface area contributed by atoms with E-state index in [9.17, 15) is 0 Å². The molecule has 1 nitrogen and oxygen atoms in total. The van der Waals surface area contributed by atoms with Crippen molar-refractivity contribution in [3.05, 3.63) is 21.9 Å². The summed E-state index contributed by atoms with van der Waals surface area (Å²) in [7, 11) is 0. The highest BCUT2D eigenvalue weighted by atomic mass is 32.1. The van der Waals surface area contributed by atoms with Crippen LogP contribution in [0.4, 0.5) is 0 Å². The van der Waals surface area contributed by atoms with E-state index in [4.69, 9.17) is 0 Å². The topological polar surface area (TPSA) is 12.0 Å². The van der Waals surface area contributed by atoms with E-state index >= 15 is 0 Å². The third kappa shape index (κ3) is 3.83. The third-order valence-electron chi connectivity index (χ3n) is 3.94. The fourth-order valence-electron chi connectivity index (χ4n) is 2.79. The van der Waals surface area contributed by atoms with Gasteiger partial charge in [-0.1, -0.05) is 34.1 Å². The Hall–Kier alpha value is -0.340. The molecule has 1 N–H and O–H groups in total. The van der Waals surface area contributed by atoms with Crippen LogP contribution >= 0.6 is 11.3 Å². The highest BCUT2D eigenvalue weighted by Gasteiger charge is 2.21. The molecule has 0 amide bonds. The van der Waals surface area contributed by atoms with E-state index in [1.807, 2.05) is 11.3 Å². The van der Waals surface area contributed by atoms with E-state index in [1.54, 1.807) is 0 Å². The van der Waals surface area contributed by atoms with Gasteiger partial charge in [-0.15, -0.1) is 11.3 Å². The van der Waals surface area contributed by atoms with Crippen molar-refractivity contribution in [2.75, 3.05) is 6.54 Å². The Morgan fingerprint density at radius 2 is 2.06 bits per heavy atom. The monoisotopic (exact) mass is 265 g/mol. The van der Waals surface area contributed by atoms with Crippen LogP contribution in [0.1, 0.15) is 56.7 Å². The lowest BCUT2D eigenvalue weighted by Gasteiger charge is -2.15. The van der Waals surface area contributed by atoms with Gasteiger partial charge in [0.1, 0.15) is 0 Å². The summed E-state index contributed by atoms with van der Waals surface area (Å²) in [5, 5.41) is 3.64. The zero-order valence-electron chi connectivity index (χ0n) is 12.3. The van der Waals surface area contributed by atoms with E-state index in [1.165, 1.54) is 35.6 Å². The number of rotatable bonds is 4. The molecule has 0 radical (unpaired) electrons. The first-order chi connectivity index (χ1) is 8.45. The predicted molar refractivity (Wildman–Crippen MR) is 81.2 cm³/mol. The summed E-state index contributed by atoms with van der Waals surface area (Å²) in [6, 6.07) is 4.58. The Balaban J connectivity index is 1.75. The van der Waals surface area contributed by atoms with Crippen molar-refractivity contribution in [2.45, 2.75) is 58.9 Å². The summed E-state index contributed by atoms with van der Waals surface area (Å²) >= 11 is 1.96. The highest BCUT2D eigenvalue weighted by molar-refractivity contribution is 7.12. The molecule has 2 rings (SSSR count). The fourth-order valence-corrected chi connectivity index (χ4v) is 3.82. The Morgan fingerprint density at radius 3 is 2.61 bits per heavy atom. The van der Waals surface area contributed by atoms with Crippen LogP contribution in [0, 0.1) is 11.8 Å². The van der Waals surface area contributed by atoms with Crippen molar-refractivity contribution >= 4 is 11.3 Å². The Labute approximate surface area is 116 Å². The summed E-state index contributed by atoms with van der Waals surface area (Å²) in [6.45, 7) is 11.5. The van der Waals surface area contributed by atoms with Crippen LogP contribution in [-0.4, -0.2) is 6.54 Å². The molecule has 2 unspecified atom stereocenters. The zero-order valence-corrected chi connectivity index (χ0v) is 13.1. The normalized spacial score (nSPS) is 24.7. The predicted octanol–water partition coefficient (Wildman–Crippen LogP) is 4.57. The minimum absolute atomic E-state index is 0.295. The summed E-state index contributed by atoms with van der Waals surface area (Å²) in [6.07, 6.45) is 4.27. The van der Waals surface area contributed by atoms with Gasteiger partial charge in [0.2, 0.25) is 0 Å². The molecule has 2 heteroatoms. The molecule has 0 saturated heterocycles. The van der Waals surface area contributed by atoms with Gasteiger partial charge >= 0.3 is 0 Å². The lowest BCUT2D eigenvalue weighted by Crippen LogP contribution is -2.20. The second-order valence-corrected chi connectivity index (χ2v) is 8.10. The van der Waals surface area contributed by atoms with Crippen LogP contribution in [0.25, 0.3) is 0 Å². The minimum atomic E-state index is 0.295. The van der Waals surface area contributed by atoms with Crippen molar-refractivity contribution in [1.29, 1.82) is 0 Å². The lowest BCUT2D eigenvalue weighted by atomic mass is 9.95. The van der Waals surface area contributed by atoms with Crippen LogP contribution in [0.15, 0.2) is 12.1 Å². The Bertz CT molecular complexity index is 375. The number of hydrogen-bond acceptors (Lipinski definition) is 2. The quantitative estimate of drug-likeness (QED) is 0.841. The second-order valence-electron chi connectivity index (χ2n) is 6.93. The van der Waals surface area contributed by atoms with Crippen molar-refractivity contribution in [3.63, 3.8) is 0 Å². The van der Waals surface area contributed by atoms with Gasteiger partial charge in [0, 0.05) is 16.3 Å². The van der Waals surface area contributed by atoms with Crippen LogP contribution < -0.4 is 5.32 Å². The molecule has 1 heterocycles. The average Bonchev–Trinajstić information content (AvgIpc) is 2.87. The molecule has 1 aliphatic rings. The van der Waals surface area contributed by atoms with Gasteiger partial charge in [-0.25, -0.2) is 0 Å². The molecule has 18 heavy (non-hydrogen) atoms. The summed E-state index contributed by atoms with van der Waals surface area (Å²) < 4.78 is 0. The molecule has 1 aromatic rings. The van der Waals surface area contributed by atoms with Gasteiger partial charge < -0.3 is 5.32 Å². The van der Waals surface area contributed by atoms with Crippen LogP contribution in [0.5, 0.6) is 0 Å². The number of thiophene rings is 1. The van der Waals surface area contributed by atoms with Gasteiger partial charge in [-0.2, -0.15) is 0 Å². The maximum absolute atomic E-state index is 3.64. The van der Waals surface area contributed by atoms with Crippen molar-refractivity contribution in [3.8, 4) is 0 Å². The van der Waals surface area contributed by atoms with Crippen molar-refractivity contribution in [1.82, 2.24) is 5.32 Å². The first kappa shape index (κ1) is 14.1. The zero-order chi connectivity index (χ0) is 13.2. The fraction of sp³-hybridized carbons (Fsp3) is 0.750. The first-order valence-electron chi connectivity index (χ1n) is 7.25. The molecule has 0 aliphatic heterocycles. The van der Waals surface area contributed by atoms with Gasteiger partial charge in [-0.05, 0) is 48.8 Å². The Kier molecular flexibility index (Phi) is 4.50. The maximum Gasteiger partial charge on any atom is 0.0299 e. The Morgan fingerprint density at radius 1 is 1.28 bits per heavy atom. The first-order valence-corrected chi connectivity index (χ1v) is 8.06. The molecule has 1 aromatic heterocycles. The second kappa shape index (κ2) is 5.75.